The molecular formula is C10H18N2O3S. The minimum absolute atomic E-state index is 0.0857. The molecular weight excluding hydrogens is 228 g/mol. The minimum Gasteiger partial charge on any atom is -0.445 e. The zero-order valence-electron chi connectivity index (χ0n) is 9.86. The zero-order valence-corrected chi connectivity index (χ0v) is 10.7. The van der Waals surface area contributed by atoms with E-state index in [1.807, 2.05) is 0 Å². The van der Waals surface area contributed by atoms with Crippen LogP contribution in [-0.2, 0) is 22.0 Å². The van der Waals surface area contributed by atoms with Crippen LogP contribution in [0, 0.1) is 0 Å². The van der Waals surface area contributed by atoms with Crippen molar-refractivity contribution in [3.8, 4) is 0 Å². The molecule has 0 aliphatic rings. The molecule has 6 heteroatoms. The van der Waals surface area contributed by atoms with Crippen molar-refractivity contribution < 1.29 is 12.8 Å². The number of hydrogen-bond donors (Lipinski definition) is 1. The number of hydrogen-bond acceptors (Lipinski definition) is 5. The van der Waals surface area contributed by atoms with Crippen LogP contribution in [0.3, 0.4) is 0 Å². The normalized spacial score (nSPS) is 12.2. The molecule has 0 aromatic carbocycles. The summed E-state index contributed by atoms with van der Waals surface area (Å²) in [6, 6.07) is 0.422. The predicted molar refractivity (Wildman–Crippen MR) is 61.9 cm³/mol. The first kappa shape index (κ1) is 13.2. The summed E-state index contributed by atoms with van der Waals surface area (Å²) in [6.45, 7) is 4.89. The number of oxazole rings is 1. The Labute approximate surface area is 96.2 Å². The second kappa shape index (κ2) is 5.45. The van der Waals surface area contributed by atoms with Gasteiger partial charge >= 0.3 is 0 Å². The number of rotatable bonds is 6. The van der Waals surface area contributed by atoms with Crippen molar-refractivity contribution in [3.05, 3.63) is 17.8 Å². The Bertz CT molecular complexity index is 423. The van der Waals surface area contributed by atoms with E-state index in [2.05, 4.69) is 24.1 Å². The molecule has 1 N–H and O–H groups in total. The van der Waals surface area contributed by atoms with Gasteiger partial charge in [0.1, 0.15) is 11.5 Å². The lowest BCUT2D eigenvalue weighted by atomic mass is 10.3. The zero-order chi connectivity index (χ0) is 12.2. The van der Waals surface area contributed by atoms with Gasteiger partial charge in [0.15, 0.2) is 15.7 Å². The van der Waals surface area contributed by atoms with Crippen LogP contribution in [0.15, 0.2) is 10.6 Å². The molecule has 5 nitrogen and oxygen atoms in total. The van der Waals surface area contributed by atoms with Crippen LogP contribution in [0.1, 0.15) is 25.5 Å². The van der Waals surface area contributed by atoms with E-state index in [9.17, 15) is 8.42 Å². The maximum absolute atomic E-state index is 11.0. The summed E-state index contributed by atoms with van der Waals surface area (Å²) < 4.78 is 27.3. The Kier molecular flexibility index (Phi) is 4.49. The molecule has 92 valence electrons. The molecule has 1 rings (SSSR count). The molecule has 0 saturated carbocycles. The summed E-state index contributed by atoms with van der Waals surface area (Å²) in [5.74, 6) is 0.895. The molecule has 0 aliphatic heterocycles. The van der Waals surface area contributed by atoms with Gasteiger partial charge in [-0.3, -0.25) is 0 Å². The quantitative estimate of drug-likeness (QED) is 0.802. The van der Waals surface area contributed by atoms with E-state index in [1.165, 1.54) is 12.5 Å². The van der Waals surface area contributed by atoms with Crippen LogP contribution in [0.25, 0.3) is 0 Å². The topological polar surface area (TPSA) is 72.2 Å². The average molecular weight is 246 g/mol. The summed E-state index contributed by atoms with van der Waals surface area (Å²) in [5.41, 5.74) is 0. The third kappa shape index (κ3) is 5.27. The van der Waals surface area contributed by atoms with E-state index in [0.29, 0.717) is 24.1 Å². The summed E-state index contributed by atoms with van der Waals surface area (Å²) in [5, 5.41) is 3.23. The lowest BCUT2D eigenvalue weighted by Crippen LogP contribution is -2.24. The molecule has 0 fully saturated rings. The molecule has 1 aromatic rings. The largest absolute Gasteiger partial charge is 0.445 e. The van der Waals surface area contributed by atoms with Gasteiger partial charge in [0.05, 0.1) is 6.20 Å². The summed E-state index contributed by atoms with van der Waals surface area (Å²) in [7, 11) is -3.05. The van der Waals surface area contributed by atoms with Gasteiger partial charge in [0.2, 0.25) is 0 Å². The number of aromatic nitrogens is 1. The smallest absolute Gasteiger partial charge is 0.195 e. The van der Waals surface area contributed by atoms with Crippen molar-refractivity contribution in [2.45, 2.75) is 32.1 Å². The molecule has 1 heterocycles. The molecule has 16 heavy (non-hydrogen) atoms. The van der Waals surface area contributed by atoms with Gasteiger partial charge in [-0.25, -0.2) is 13.4 Å². The first-order chi connectivity index (χ1) is 7.37. The lowest BCUT2D eigenvalue weighted by Gasteiger charge is -2.05. The summed E-state index contributed by atoms with van der Waals surface area (Å²) in [6.07, 6.45) is 3.32. The van der Waals surface area contributed by atoms with Gasteiger partial charge in [0.25, 0.3) is 0 Å². The monoisotopic (exact) mass is 246 g/mol. The number of nitrogens with zero attached hydrogens (tertiary/aromatic N) is 1. The number of nitrogens with one attached hydrogen (secondary N) is 1. The lowest BCUT2D eigenvalue weighted by molar-refractivity contribution is 0.452. The molecule has 0 spiro atoms. The molecule has 0 amide bonds. The van der Waals surface area contributed by atoms with Gasteiger partial charge in [0, 0.05) is 25.3 Å². The van der Waals surface area contributed by atoms with Gasteiger partial charge < -0.3 is 9.73 Å². The highest BCUT2D eigenvalue weighted by atomic mass is 32.2. The molecule has 0 unspecified atom stereocenters. The SMILES string of the molecule is CC(C)NCCc1ncc(CS(C)(=O)=O)o1. The van der Waals surface area contributed by atoms with Crippen molar-refractivity contribution in [3.63, 3.8) is 0 Å². The van der Waals surface area contributed by atoms with E-state index in [-0.39, 0.29) is 5.75 Å². The Morgan fingerprint density at radius 1 is 1.50 bits per heavy atom. The second-order valence-corrected chi connectivity index (χ2v) is 6.29. The fraction of sp³-hybridized carbons (Fsp3) is 0.700. The molecule has 0 bridgehead atoms. The fourth-order valence-electron chi connectivity index (χ4n) is 1.26. The summed E-state index contributed by atoms with van der Waals surface area (Å²) in [4.78, 5) is 4.03. The first-order valence-corrected chi connectivity index (χ1v) is 7.27. The van der Waals surface area contributed by atoms with Gasteiger partial charge in [-0.2, -0.15) is 0 Å². The van der Waals surface area contributed by atoms with Crippen molar-refractivity contribution in [1.29, 1.82) is 0 Å². The van der Waals surface area contributed by atoms with Crippen LogP contribution in [-0.4, -0.2) is 32.2 Å². The Balaban J connectivity index is 2.46. The van der Waals surface area contributed by atoms with E-state index in [0.717, 1.165) is 6.54 Å². The highest BCUT2D eigenvalue weighted by Gasteiger charge is 2.10. The molecule has 0 saturated heterocycles. The Morgan fingerprint density at radius 3 is 2.75 bits per heavy atom. The van der Waals surface area contributed by atoms with Crippen molar-refractivity contribution in [1.82, 2.24) is 10.3 Å². The molecule has 1 aromatic heterocycles. The third-order valence-corrected chi connectivity index (χ3v) is 2.71. The van der Waals surface area contributed by atoms with E-state index in [1.54, 1.807) is 0 Å². The number of sulfone groups is 1. The van der Waals surface area contributed by atoms with Crippen LogP contribution in [0.4, 0.5) is 0 Å². The second-order valence-electron chi connectivity index (χ2n) is 4.15. The van der Waals surface area contributed by atoms with Crippen molar-refractivity contribution in [2.75, 3.05) is 12.8 Å². The summed E-state index contributed by atoms with van der Waals surface area (Å²) >= 11 is 0. The van der Waals surface area contributed by atoms with Crippen LogP contribution >= 0.6 is 0 Å². The van der Waals surface area contributed by atoms with Crippen molar-refractivity contribution >= 4 is 9.84 Å². The highest BCUT2D eigenvalue weighted by molar-refractivity contribution is 7.89. The van der Waals surface area contributed by atoms with Crippen LogP contribution in [0.2, 0.25) is 0 Å². The first-order valence-electron chi connectivity index (χ1n) is 5.21. The maximum Gasteiger partial charge on any atom is 0.195 e. The van der Waals surface area contributed by atoms with E-state index in [4.69, 9.17) is 4.42 Å². The van der Waals surface area contributed by atoms with E-state index >= 15 is 0 Å². The van der Waals surface area contributed by atoms with Crippen LogP contribution in [0.5, 0.6) is 0 Å². The molecule has 0 atom stereocenters. The van der Waals surface area contributed by atoms with Crippen LogP contribution < -0.4 is 5.32 Å². The van der Waals surface area contributed by atoms with Crippen molar-refractivity contribution in [2.24, 2.45) is 0 Å². The predicted octanol–water partition coefficient (Wildman–Crippen LogP) is 0.760. The third-order valence-electron chi connectivity index (χ3n) is 1.90. The van der Waals surface area contributed by atoms with Gasteiger partial charge in [-0.1, -0.05) is 13.8 Å². The molecule has 0 radical (unpaired) electrons. The standard InChI is InChI=1S/C10H18N2O3S/c1-8(2)11-5-4-10-12-6-9(15-10)7-16(3,13)14/h6,8,11H,4-5,7H2,1-3H3. The maximum atomic E-state index is 11.0. The van der Waals surface area contributed by atoms with Gasteiger partial charge in [-0.15, -0.1) is 0 Å². The Morgan fingerprint density at radius 2 is 2.19 bits per heavy atom. The van der Waals surface area contributed by atoms with E-state index < -0.39 is 9.84 Å². The fourth-order valence-corrected chi connectivity index (χ4v) is 1.91. The molecule has 0 aliphatic carbocycles. The minimum atomic E-state index is -3.05. The highest BCUT2D eigenvalue weighted by Crippen LogP contribution is 2.07. The van der Waals surface area contributed by atoms with Gasteiger partial charge in [-0.05, 0) is 0 Å². The Hall–Kier alpha value is -0.880. The average Bonchev–Trinajstić information content (AvgIpc) is 2.48.